The van der Waals surface area contributed by atoms with Gasteiger partial charge in [-0.25, -0.2) is 0 Å². The third-order valence-electron chi connectivity index (χ3n) is 2.95. The van der Waals surface area contributed by atoms with Crippen LogP contribution in [0.2, 0.25) is 0 Å². The Kier molecular flexibility index (Phi) is 4.20. The Labute approximate surface area is 117 Å². The normalized spacial score (nSPS) is 11.4. The van der Waals surface area contributed by atoms with E-state index in [1.807, 2.05) is 44.2 Å². The molecule has 2 aromatic rings. The number of aromatic nitrogens is 1. The van der Waals surface area contributed by atoms with Gasteiger partial charge in [0.2, 0.25) is 0 Å². The predicted octanol–water partition coefficient (Wildman–Crippen LogP) is 2.37. The lowest BCUT2D eigenvalue weighted by molar-refractivity contribution is 0.297. The fourth-order valence-electron chi connectivity index (χ4n) is 2.01. The van der Waals surface area contributed by atoms with Crippen LogP contribution in [0.3, 0.4) is 0 Å². The first kappa shape index (κ1) is 13.9. The smallest absolute Gasteiger partial charge is 0.170 e. The maximum atomic E-state index is 8.71. The monoisotopic (exact) mass is 271 g/mol. The summed E-state index contributed by atoms with van der Waals surface area (Å²) in [4.78, 5) is 4.22. The summed E-state index contributed by atoms with van der Waals surface area (Å²) in [6, 6.07) is 9.36. The van der Waals surface area contributed by atoms with Crippen molar-refractivity contribution in [2.24, 2.45) is 10.9 Å². The lowest BCUT2D eigenvalue weighted by Crippen LogP contribution is -2.14. The summed E-state index contributed by atoms with van der Waals surface area (Å²) < 4.78 is 5.82. The Morgan fingerprint density at radius 3 is 2.55 bits per heavy atom. The minimum absolute atomic E-state index is 0.0903. The van der Waals surface area contributed by atoms with Gasteiger partial charge in [0.1, 0.15) is 12.4 Å². The highest BCUT2D eigenvalue weighted by atomic mass is 16.5. The highest BCUT2D eigenvalue weighted by Gasteiger charge is 2.09. The summed E-state index contributed by atoms with van der Waals surface area (Å²) in [6.07, 6.45) is 1.74. The fraction of sp³-hybridized carbons (Fsp3) is 0.200. The van der Waals surface area contributed by atoms with Gasteiger partial charge in [-0.15, -0.1) is 0 Å². The number of aryl methyl sites for hydroxylation is 2. The first-order valence-corrected chi connectivity index (χ1v) is 6.23. The molecule has 0 radical (unpaired) electrons. The minimum atomic E-state index is 0.0903. The second kappa shape index (κ2) is 6.06. The van der Waals surface area contributed by atoms with Crippen LogP contribution in [0.25, 0.3) is 0 Å². The number of ether oxygens (including phenoxy) is 1. The van der Waals surface area contributed by atoms with Crippen LogP contribution in [0, 0.1) is 13.8 Å². The van der Waals surface area contributed by atoms with Gasteiger partial charge in [-0.1, -0.05) is 11.2 Å². The maximum absolute atomic E-state index is 8.71. The molecule has 1 aromatic carbocycles. The number of amidine groups is 1. The van der Waals surface area contributed by atoms with Crippen molar-refractivity contribution in [2.45, 2.75) is 20.5 Å². The lowest BCUT2D eigenvalue weighted by atomic mass is 10.1. The minimum Gasteiger partial charge on any atom is -0.487 e. The van der Waals surface area contributed by atoms with E-state index in [0.29, 0.717) is 12.2 Å². The Hall–Kier alpha value is -2.56. The summed E-state index contributed by atoms with van der Waals surface area (Å²) in [5, 5.41) is 11.7. The number of oxime groups is 1. The van der Waals surface area contributed by atoms with E-state index in [1.54, 1.807) is 6.20 Å². The van der Waals surface area contributed by atoms with Crippen LogP contribution in [0.5, 0.6) is 5.75 Å². The van der Waals surface area contributed by atoms with Crippen molar-refractivity contribution in [1.29, 1.82) is 0 Å². The molecule has 0 saturated heterocycles. The van der Waals surface area contributed by atoms with Crippen LogP contribution in [-0.4, -0.2) is 16.0 Å². The SMILES string of the molecule is Cc1cc(C(N)=NO)cc(C)c1OCc1ccccn1. The third kappa shape index (κ3) is 3.06. The van der Waals surface area contributed by atoms with Crippen molar-refractivity contribution in [3.05, 3.63) is 58.9 Å². The van der Waals surface area contributed by atoms with Gasteiger partial charge >= 0.3 is 0 Å². The van der Waals surface area contributed by atoms with Gasteiger partial charge in [-0.05, 0) is 49.2 Å². The van der Waals surface area contributed by atoms with Crippen LogP contribution in [-0.2, 0) is 6.61 Å². The van der Waals surface area contributed by atoms with Crippen LogP contribution < -0.4 is 10.5 Å². The zero-order valence-electron chi connectivity index (χ0n) is 11.5. The van der Waals surface area contributed by atoms with Crippen LogP contribution in [0.1, 0.15) is 22.4 Å². The Morgan fingerprint density at radius 2 is 2.00 bits per heavy atom. The van der Waals surface area contributed by atoms with E-state index >= 15 is 0 Å². The largest absolute Gasteiger partial charge is 0.487 e. The van der Waals surface area contributed by atoms with Crippen molar-refractivity contribution < 1.29 is 9.94 Å². The lowest BCUT2D eigenvalue weighted by Gasteiger charge is -2.13. The molecule has 0 bridgehead atoms. The highest BCUT2D eigenvalue weighted by molar-refractivity contribution is 5.97. The molecule has 5 heteroatoms. The summed E-state index contributed by atoms with van der Waals surface area (Å²) in [5.41, 5.74) is 9.00. The molecule has 0 spiro atoms. The second-order valence-corrected chi connectivity index (χ2v) is 4.53. The fourth-order valence-corrected chi connectivity index (χ4v) is 2.01. The number of benzene rings is 1. The number of hydrogen-bond donors (Lipinski definition) is 2. The van der Waals surface area contributed by atoms with Crippen molar-refractivity contribution in [1.82, 2.24) is 4.98 Å². The average molecular weight is 271 g/mol. The molecule has 1 heterocycles. The van der Waals surface area contributed by atoms with Crippen LogP contribution >= 0.6 is 0 Å². The van der Waals surface area contributed by atoms with Crippen molar-refractivity contribution in [3.63, 3.8) is 0 Å². The molecule has 0 amide bonds. The van der Waals surface area contributed by atoms with Gasteiger partial charge in [0.25, 0.3) is 0 Å². The zero-order valence-corrected chi connectivity index (χ0v) is 11.5. The predicted molar refractivity (Wildman–Crippen MR) is 77.0 cm³/mol. The van der Waals surface area contributed by atoms with Gasteiger partial charge in [-0.2, -0.15) is 0 Å². The zero-order chi connectivity index (χ0) is 14.5. The van der Waals surface area contributed by atoms with Crippen LogP contribution in [0.4, 0.5) is 0 Å². The van der Waals surface area contributed by atoms with Gasteiger partial charge in [0, 0.05) is 11.8 Å². The molecule has 0 aliphatic heterocycles. The average Bonchev–Trinajstić information content (AvgIpc) is 2.46. The quantitative estimate of drug-likeness (QED) is 0.387. The first-order chi connectivity index (χ1) is 9.61. The molecule has 2 rings (SSSR count). The molecule has 1 aromatic heterocycles. The molecular weight excluding hydrogens is 254 g/mol. The van der Waals surface area contributed by atoms with E-state index < -0.39 is 0 Å². The third-order valence-corrected chi connectivity index (χ3v) is 2.95. The van der Waals surface area contributed by atoms with E-state index in [1.165, 1.54) is 0 Å². The standard InChI is InChI=1S/C15H17N3O2/c1-10-7-12(15(16)18-19)8-11(2)14(10)20-9-13-5-3-4-6-17-13/h3-8,19H,9H2,1-2H3,(H2,16,18). The molecular formula is C15H17N3O2. The first-order valence-electron chi connectivity index (χ1n) is 6.23. The van der Waals surface area contributed by atoms with E-state index in [2.05, 4.69) is 10.1 Å². The Balaban J connectivity index is 2.21. The van der Waals surface area contributed by atoms with E-state index in [0.717, 1.165) is 22.6 Å². The number of nitrogens with zero attached hydrogens (tertiary/aromatic N) is 2. The van der Waals surface area contributed by atoms with E-state index in [9.17, 15) is 0 Å². The van der Waals surface area contributed by atoms with E-state index in [4.69, 9.17) is 15.7 Å². The summed E-state index contributed by atoms with van der Waals surface area (Å²) in [6.45, 7) is 4.26. The summed E-state index contributed by atoms with van der Waals surface area (Å²) in [7, 11) is 0. The molecule has 0 aliphatic carbocycles. The topological polar surface area (TPSA) is 80.7 Å². The number of nitrogens with two attached hydrogens (primary N) is 1. The van der Waals surface area contributed by atoms with Gasteiger partial charge in [-0.3, -0.25) is 4.98 Å². The molecule has 0 unspecified atom stereocenters. The molecule has 104 valence electrons. The van der Waals surface area contributed by atoms with Gasteiger partial charge in [0.05, 0.1) is 5.69 Å². The molecule has 5 nitrogen and oxygen atoms in total. The van der Waals surface area contributed by atoms with Gasteiger partial charge in [0.15, 0.2) is 5.84 Å². The second-order valence-electron chi connectivity index (χ2n) is 4.53. The molecule has 0 aliphatic rings. The number of hydrogen-bond acceptors (Lipinski definition) is 4. The van der Waals surface area contributed by atoms with E-state index in [-0.39, 0.29) is 5.84 Å². The summed E-state index contributed by atoms with van der Waals surface area (Å²) >= 11 is 0. The van der Waals surface area contributed by atoms with Crippen molar-refractivity contribution in [3.8, 4) is 5.75 Å². The maximum Gasteiger partial charge on any atom is 0.170 e. The van der Waals surface area contributed by atoms with Crippen molar-refractivity contribution >= 4 is 5.84 Å². The molecule has 20 heavy (non-hydrogen) atoms. The van der Waals surface area contributed by atoms with Crippen LogP contribution in [0.15, 0.2) is 41.7 Å². The summed E-state index contributed by atoms with van der Waals surface area (Å²) in [5.74, 6) is 0.887. The Bertz CT molecular complexity index is 601. The Morgan fingerprint density at radius 1 is 1.30 bits per heavy atom. The van der Waals surface area contributed by atoms with Crippen molar-refractivity contribution in [2.75, 3.05) is 0 Å². The molecule has 0 fully saturated rings. The number of pyridine rings is 1. The molecule has 0 saturated carbocycles. The molecule has 3 N–H and O–H groups in total. The molecule has 0 atom stereocenters. The number of rotatable bonds is 4. The highest BCUT2D eigenvalue weighted by Crippen LogP contribution is 2.25. The van der Waals surface area contributed by atoms with Gasteiger partial charge < -0.3 is 15.7 Å².